The molecule has 2 aromatic heterocycles. The predicted octanol–water partition coefficient (Wildman–Crippen LogP) is 3.63. The second-order valence-electron chi connectivity index (χ2n) is 4.74. The number of aryl methyl sites for hydroxylation is 1. The molecular formula is C16H15N3OS. The maximum atomic E-state index is 9.45. The van der Waals surface area contributed by atoms with Crippen LogP contribution in [0, 0.1) is 0 Å². The lowest BCUT2D eigenvalue weighted by Crippen LogP contribution is -1.91. The molecule has 21 heavy (non-hydrogen) atoms. The van der Waals surface area contributed by atoms with E-state index in [-0.39, 0.29) is 5.75 Å². The van der Waals surface area contributed by atoms with E-state index in [4.69, 9.17) is 5.73 Å². The quantitative estimate of drug-likeness (QED) is 0.771. The van der Waals surface area contributed by atoms with Gasteiger partial charge in [0.15, 0.2) is 0 Å². The molecule has 3 rings (SSSR count). The first-order valence-electron chi connectivity index (χ1n) is 6.67. The van der Waals surface area contributed by atoms with E-state index < -0.39 is 0 Å². The van der Waals surface area contributed by atoms with Crippen molar-refractivity contribution in [2.45, 2.75) is 12.8 Å². The number of fused-ring (bicyclic) bond motifs is 1. The van der Waals surface area contributed by atoms with Crippen LogP contribution >= 0.6 is 11.3 Å². The highest BCUT2D eigenvalue weighted by atomic mass is 32.1. The number of phenolic OH excluding ortho intramolecular Hbond substituents is 1. The van der Waals surface area contributed by atoms with E-state index in [1.165, 1.54) is 5.56 Å². The zero-order chi connectivity index (χ0) is 14.7. The zero-order valence-electron chi connectivity index (χ0n) is 11.4. The van der Waals surface area contributed by atoms with Gasteiger partial charge in [0, 0.05) is 6.20 Å². The Labute approximate surface area is 126 Å². The predicted molar refractivity (Wildman–Crippen MR) is 87.3 cm³/mol. The number of aromatic nitrogens is 2. The molecule has 106 valence electrons. The molecule has 4 nitrogen and oxygen atoms in total. The van der Waals surface area contributed by atoms with E-state index in [9.17, 15) is 5.11 Å². The molecule has 3 aromatic rings. The summed E-state index contributed by atoms with van der Waals surface area (Å²) in [5.41, 5.74) is 7.64. The highest BCUT2D eigenvalue weighted by Gasteiger charge is 2.01. The molecule has 0 aliphatic rings. The average Bonchev–Trinajstić information content (AvgIpc) is 2.87. The number of thiazole rings is 1. The molecular weight excluding hydrogens is 282 g/mol. The number of pyridine rings is 1. The van der Waals surface area contributed by atoms with Gasteiger partial charge in [-0.15, -0.1) is 11.3 Å². The van der Waals surface area contributed by atoms with Gasteiger partial charge in [0.25, 0.3) is 0 Å². The molecule has 0 saturated carbocycles. The molecule has 0 fully saturated rings. The van der Waals surface area contributed by atoms with E-state index in [0.717, 1.165) is 28.1 Å². The summed E-state index contributed by atoms with van der Waals surface area (Å²) in [5, 5.41) is 10.4. The van der Waals surface area contributed by atoms with Crippen molar-refractivity contribution in [2.75, 3.05) is 5.73 Å². The third kappa shape index (κ3) is 3.38. The average molecular weight is 297 g/mol. The molecule has 0 amide bonds. The second-order valence-corrected chi connectivity index (χ2v) is 5.80. The van der Waals surface area contributed by atoms with E-state index in [0.29, 0.717) is 5.82 Å². The van der Waals surface area contributed by atoms with Crippen LogP contribution in [-0.4, -0.2) is 15.1 Å². The number of nitrogen functional groups attached to an aromatic ring is 1. The number of anilines is 1. The van der Waals surface area contributed by atoms with Crippen LogP contribution in [0.1, 0.15) is 17.0 Å². The largest absolute Gasteiger partial charge is 0.508 e. The SMILES string of the molecule is Nc1ccc(CC/C=C/c2nc3ccc(O)cc3s2)cn1. The van der Waals surface area contributed by atoms with Crippen LogP contribution in [0.5, 0.6) is 5.75 Å². The fourth-order valence-electron chi connectivity index (χ4n) is 2.02. The second kappa shape index (κ2) is 5.93. The number of nitrogens with two attached hydrogens (primary N) is 1. The molecule has 0 radical (unpaired) electrons. The lowest BCUT2D eigenvalue weighted by Gasteiger charge is -1.97. The van der Waals surface area contributed by atoms with E-state index in [2.05, 4.69) is 16.0 Å². The summed E-state index contributed by atoms with van der Waals surface area (Å²) >= 11 is 1.57. The number of nitrogens with zero attached hydrogens (tertiary/aromatic N) is 2. The number of hydrogen-bond acceptors (Lipinski definition) is 5. The Balaban J connectivity index is 1.63. The summed E-state index contributed by atoms with van der Waals surface area (Å²) in [6.07, 6.45) is 7.78. The molecule has 3 N–H and O–H groups in total. The maximum Gasteiger partial charge on any atom is 0.123 e. The molecule has 0 aliphatic heterocycles. The first-order valence-corrected chi connectivity index (χ1v) is 7.49. The van der Waals surface area contributed by atoms with Gasteiger partial charge >= 0.3 is 0 Å². The van der Waals surface area contributed by atoms with Gasteiger partial charge in [-0.05, 0) is 48.7 Å². The summed E-state index contributed by atoms with van der Waals surface area (Å²) in [6.45, 7) is 0. The number of hydrogen-bond donors (Lipinski definition) is 2. The Morgan fingerprint density at radius 3 is 2.95 bits per heavy atom. The van der Waals surface area contributed by atoms with Crippen LogP contribution < -0.4 is 5.73 Å². The topological polar surface area (TPSA) is 72.0 Å². The van der Waals surface area contributed by atoms with Crippen molar-refractivity contribution in [3.63, 3.8) is 0 Å². The molecule has 0 saturated heterocycles. The van der Waals surface area contributed by atoms with E-state index >= 15 is 0 Å². The van der Waals surface area contributed by atoms with Crippen LogP contribution in [0.4, 0.5) is 5.82 Å². The van der Waals surface area contributed by atoms with E-state index in [1.807, 2.05) is 30.5 Å². The molecule has 0 atom stereocenters. The van der Waals surface area contributed by atoms with Gasteiger partial charge in [0.2, 0.25) is 0 Å². The minimum absolute atomic E-state index is 0.275. The smallest absolute Gasteiger partial charge is 0.123 e. The van der Waals surface area contributed by atoms with Gasteiger partial charge in [-0.1, -0.05) is 12.1 Å². The monoisotopic (exact) mass is 297 g/mol. The van der Waals surface area contributed by atoms with Crippen molar-refractivity contribution in [3.05, 3.63) is 53.2 Å². The van der Waals surface area contributed by atoms with Gasteiger partial charge < -0.3 is 10.8 Å². The summed E-state index contributed by atoms with van der Waals surface area (Å²) in [5.74, 6) is 0.824. The van der Waals surface area contributed by atoms with Crippen LogP contribution in [0.15, 0.2) is 42.6 Å². The number of rotatable bonds is 4. The molecule has 0 unspecified atom stereocenters. The number of phenols is 1. The Kier molecular flexibility index (Phi) is 3.83. The Morgan fingerprint density at radius 2 is 2.14 bits per heavy atom. The Morgan fingerprint density at radius 1 is 1.24 bits per heavy atom. The molecule has 1 aromatic carbocycles. The maximum absolute atomic E-state index is 9.45. The fourth-order valence-corrected chi connectivity index (χ4v) is 2.95. The normalized spacial score (nSPS) is 11.4. The van der Waals surface area contributed by atoms with Crippen molar-refractivity contribution in [1.82, 2.24) is 9.97 Å². The third-order valence-corrected chi connectivity index (χ3v) is 4.08. The highest BCUT2D eigenvalue weighted by Crippen LogP contribution is 2.26. The van der Waals surface area contributed by atoms with Crippen LogP contribution in [0.3, 0.4) is 0 Å². The Bertz CT molecular complexity index is 778. The van der Waals surface area contributed by atoms with Crippen LogP contribution in [0.2, 0.25) is 0 Å². The van der Waals surface area contributed by atoms with Crippen LogP contribution in [-0.2, 0) is 6.42 Å². The summed E-state index contributed by atoms with van der Waals surface area (Å²) < 4.78 is 0.998. The van der Waals surface area contributed by atoms with Crippen molar-refractivity contribution < 1.29 is 5.11 Å². The minimum atomic E-state index is 0.275. The molecule has 5 heteroatoms. The summed E-state index contributed by atoms with van der Waals surface area (Å²) in [4.78, 5) is 8.57. The number of benzene rings is 1. The third-order valence-electron chi connectivity index (χ3n) is 3.10. The van der Waals surface area contributed by atoms with Gasteiger partial charge in [-0.2, -0.15) is 0 Å². The molecule has 0 spiro atoms. The highest BCUT2D eigenvalue weighted by molar-refractivity contribution is 7.19. The lowest BCUT2D eigenvalue weighted by molar-refractivity contribution is 0.476. The zero-order valence-corrected chi connectivity index (χ0v) is 12.2. The van der Waals surface area contributed by atoms with Crippen molar-refractivity contribution in [3.8, 4) is 5.75 Å². The molecule has 0 aliphatic carbocycles. The van der Waals surface area contributed by atoms with Gasteiger partial charge in [-0.25, -0.2) is 9.97 Å². The van der Waals surface area contributed by atoms with Crippen LogP contribution in [0.25, 0.3) is 16.3 Å². The van der Waals surface area contributed by atoms with Crippen molar-refractivity contribution in [1.29, 1.82) is 0 Å². The first-order chi connectivity index (χ1) is 10.2. The van der Waals surface area contributed by atoms with Gasteiger partial charge in [0.1, 0.15) is 16.6 Å². The number of aromatic hydroxyl groups is 1. The van der Waals surface area contributed by atoms with Crippen molar-refractivity contribution >= 4 is 33.4 Å². The van der Waals surface area contributed by atoms with E-state index in [1.54, 1.807) is 23.5 Å². The molecule has 2 heterocycles. The first kappa shape index (κ1) is 13.6. The fraction of sp³-hybridized carbons (Fsp3) is 0.125. The molecule has 0 bridgehead atoms. The summed E-state index contributed by atoms with van der Waals surface area (Å²) in [6, 6.07) is 9.04. The van der Waals surface area contributed by atoms with Gasteiger partial charge in [-0.3, -0.25) is 0 Å². The summed E-state index contributed by atoms with van der Waals surface area (Å²) in [7, 11) is 0. The standard InChI is InChI=1S/C16H15N3OS/c17-15-8-5-11(10-18-15)3-1-2-4-16-19-13-7-6-12(20)9-14(13)21-16/h2,4-10,20H,1,3H2,(H2,17,18)/b4-2+. The lowest BCUT2D eigenvalue weighted by atomic mass is 10.1. The van der Waals surface area contributed by atoms with Gasteiger partial charge in [0.05, 0.1) is 10.2 Å². The minimum Gasteiger partial charge on any atom is -0.508 e. The Hall–Kier alpha value is -2.40. The van der Waals surface area contributed by atoms with Crippen molar-refractivity contribution in [2.24, 2.45) is 0 Å². The number of allylic oxidation sites excluding steroid dienone is 1.